The molecule has 1 nitrogen and oxygen atoms in total. The molecule has 0 fully saturated rings. The van der Waals surface area contributed by atoms with Crippen molar-refractivity contribution in [2.75, 3.05) is 0 Å². The SMILES string of the molecule is CC(C)(S)Oc1cccc(C(F)(F)F)c1. The van der Waals surface area contributed by atoms with E-state index in [0.717, 1.165) is 12.1 Å². The van der Waals surface area contributed by atoms with Gasteiger partial charge in [-0.3, -0.25) is 0 Å². The van der Waals surface area contributed by atoms with Gasteiger partial charge in [-0.1, -0.05) is 6.07 Å². The van der Waals surface area contributed by atoms with Gasteiger partial charge < -0.3 is 4.74 Å². The van der Waals surface area contributed by atoms with Crippen molar-refractivity contribution in [1.29, 1.82) is 0 Å². The van der Waals surface area contributed by atoms with E-state index in [9.17, 15) is 13.2 Å². The van der Waals surface area contributed by atoms with Crippen LogP contribution in [0.15, 0.2) is 24.3 Å². The molecule has 1 aromatic rings. The van der Waals surface area contributed by atoms with Gasteiger partial charge in [0.15, 0.2) is 0 Å². The number of rotatable bonds is 2. The average Bonchev–Trinajstić information content (AvgIpc) is 1.99. The van der Waals surface area contributed by atoms with Crippen LogP contribution in [-0.2, 0) is 6.18 Å². The second-order valence-electron chi connectivity index (χ2n) is 3.57. The molecule has 0 saturated heterocycles. The van der Waals surface area contributed by atoms with Gasteiger partial charge >= 0.3 is 6.18 Å². The molecule has 0 aromatic heterocycles. The number of ether oxygens (including phenoxy) is 1. The zero-order chi connectivity index (χ0) is 11.7. The molecule has 84 valence electrons. The minimum atomic E-state index is -4.35. The molecule has 1 rings (SSSR count). The summed E-state index contributed by atoms with van der Waals surface area (Å²) in [6.45, 7) is 3.30. The number of hydrogen-bond donors (Lipinski definition) is 1. The first-order chi connectivity index (χ1) is 6.68. The van der Waals surface area contributed by atoms with Crippen LogP contribution in [0.1, 0.15) is 19.4 Å². The Hall–Kier alpha value is -0.840. The zero-order valence-electron chi connectivity index (χ0n) is 8.30. The summed E-state index contributed by atoms with van der Waals surface area (Å²) in [6.07, 6.45) is -4.35. The highest BCUT2D eigenvalue weighted by molar-refractivity contribution is 7.81. The van der Waals surface area contributed by atoms with Crippen LogP contribution in [0, 0.1) is 0 Å². The third kappa shape index (κ3) is 4.03. The quantitative estimate of drug-likeness (QED) is 0.607. The fourth-order valence-electron chi connectivity index (χ4n) is 1.02. The minimum Gasteiger partial charge on any atom is -0.477 e. The lowest BCUT2D eigenvalue weighted by atomic mass is 10.2. The lowest BCUT2D eigenvalue weighted by Gasteiger charge is -2.20. The Morgan fingerprint density at radius 2 is 1.80 bits per heavy atom. The summed E-state index contributed by atoms with van der Waals surface area (Å²) in [5.41, 5.74) is -0.724. The van der Waals surface area contributed by atoms with Gasteiger partial charge in [0.2, 0.25) is 0 Å². The van der Waals surface area contributed by atoms with Crippen molar-refractivity contribution in [3.63, 3.8) is 0 Å². The van der Waals surface area contributed by atoms with Crippen LogP contribution in [0.25, 0.3) is 0 Å². The normalized spacial score (nSPS) is 12.7. The number of alkyl halides is 3. The minimum absolute atomic E-state index is 0.157. The molecule has 0 bridgehead atoms. The second-order valence-corrected chi connectivity index (χ2v) is 4.65. The lowest BCUT2D eigenvalue weighted by molar-refractivity contribution is -0.137. The standard InChI is InChI=1S/C10H11F3OS/c1-9(2,15)14-8-5-3-4-7(6-8)10(11,12)13/h3-6,15H,1-2H3. The summed E-state index contributed by atoms with van der Waals surface area (Å²) in [7, 11) is 0. The van der Waals surface area contributed by atoms with E-state index in [2.05, 4.69) is 12.6 Å². The van der Waals surface area contributed by atoms with E-state index >= 15 is 0 Å². The molecule has 1 aromatic carbocycles. The molecular weight excluding hydrogens is 225 g/mol. The fourth-order valence-corrected chi connectivity index (χ4v) is 1.13. The maximum Gasteiger partial charge on any atom is 0.416 e. The Bertz CT molecular complexity index is 341. The highest BCUT2D eigenvalue weighted by Gasteiger charge is 2.30. The third-order valence-electron chi connectivity index (χ3n) is 1.53. The molecule has 5 heteroatoms. The molecule has 0 N–H and O–H groups in total. The summed E-state index contributed by atoms with van der Waals surface area (Å²) in [4.78, 5) is -0.801. The Balaban J connectivity index is 2.94. The molecular formula is C10H11F3OS. The largest absolute Gasteiger partial charge is 0.477 e. The monoisotopic (exact) mass is 236 g/mol. The topological polar surface area (TPSA) is 9.23 Å². The van der Waals surface area contributed by atoms with Crippen molar-refractivity contribution in [2.24, 2.45) is 0 Å². The van der Waals surface area contributed by atoms with E-state index in [1.807, 2.05) is 0 Å². The molecule has 0 aliphatic rings. The van der Waals surface area contributed by atoms with Gasteiger partial charge in [-0.2, -0.15) is 13.2 Å². The number of thiol groups is 1. The van der Waals surface area contributed by atoms with E-state index in [4.69, 9.17) is 4.74 Å². The van der Waals surface area contributed by atoms with Crippen LogP contribution in [0.2, 0.25) is 0 Å². The summed E-state index contributed by atoms with van der Waals surface area (Å²) >= 11 is 4.07. The molecule has 0 spiro atoms. The Morgan fingerprint density at radius 3 is 2.27 bits per heavy atom. The average molecular weight is 236 g/mol. The maximum atomic E-state index is 12.3. The second kappa shape index (κ2) is 3.96. The zero-order valence-corrected chi connectivity index (χ0v) is 9.19. The van der Waals surface area contributed by atoms with E-state index in [0.29, 0.717) is 0 Å². The summed E-state index contributed by atoms with van der Waals surface area (Å²) in [5.74, 6) is 0.157. The predicted octanol–water partition coefficient (Wildman–Crippen LogP) is 3.75. The van der Waals surface area contributed by atoms with Crippen LogP contribution >= 0.6 is 12.6 Å². The maximum absolute atomic E-state index is 12.3. The van der Waals surface area contributed by atoms with Crippen LogP contribution in [0.4, 0.5) is 13.2 Å². The smallest absolute Gasteiger partial charge is 0.416 e. The van der Waals surface area contributed by atoms with Crippen molar-refractivity contribution in [3.8, 4) is 5.75 Å². The molecule has 0 saturated carbocycles. The van der Waals surface area contributed by atoms with Crippen LogP contribution in [0.5, 0.6) is 5.75 Å². The van der Waals surface area contributed by atoms with Crippen molar-refractivity contribution >= 4 is 12.6 Å². The lowest BCUT2D eigenvalue weighted by Crippen LogP contribution is -2.20. The van der Waals surface area contributed by atoms with Crippen LogP contribution < -0.4 is 4.74 Å². The van der Waals surface area contributed by atoms with E-state index < -0.39 is 16.7 Å². The molecule has 0 amide bonds. The highest BCUT2D eigenvalue weighted by atomic mass is 32.1. The summed E-state index contributed by atoms with van der Waals surface area (Å²) < 4.78 is 42.2. The van der Waals surface area contributed by atoms with Gasteiger partial charge in [0.25, 0.3) is 0 Å². The summed E-state index contributed by atoms with van der Waals surface area (Å²) in [6, 6.07) is 4.72. The molecule has 15 heavy (non-hydrogen) atoms. The first kappa shape index (κ1) is 12.2. The van der Waals surface area contributed by atoms with Gasteiger partial charge in [0.1, 0.15) is 10.7 Å². The van der Waals surface area contributed by atoms with Gasteiger partial charge in [-0.15, -0.1) is 12.6 Å². The molecule has 0 radical (unpaired) electrons. The third-order valence-corrected chi connectivity index (χ3v) is 1.62. The van der Waals surface area contributed by atoms with Gasteiger partial charge in [-0.25, -0.2) is 0 Å². The molecule has 0 aliphatic carbocycles. The molecule has 0 atom stereocenters. The van der Waals surface area contributed by atoms with Crippen molar-refractivity contribution in [1.82, 2.24) is 0 Å². The fraction of sp³-hybridized carbons (Fsp3) is 0.400. The van der Waals surface area contributed by atoms with Crippen LogP contribution in [0.3, 0.4) is 0 Å². The molecule has 0 heterocycles. The van der Waals surface area contributed by atoms with Crippen molar-refractivity contribution in [3.05, 3.63) is 29.8 Å². The van der Waals surface area contributed by atoms with Gasteiger partial charge in [0, 0.05) is 0 Å². The van der Waals surface area contributed by atoms with E-state index in [-0.39, 0.29) is 5.75 Å². The van der Waals surface area contributed by atoms with E-state index in [1.54, 1.807) is 13.8 Å². The summed E-state index contributed by atoms with van der Waals surface area (Å²) in [5, 5.41) is 0. The number of halogens is 3. The number of hydrogen-bond acceptors (Lipinski definition) is 2. The molecule has 0 aliphatic heterocycles. The Morgan fingerprint density at radius 1 is 1.20 bits per heavy atom. The van der Waals surface area contributed by atoms with Gasteiger partial charge in [-0.05, 0) is 32.0 Å². The van der Waals surface area contributed by atoms with Crippen molar-refractivity contribution in [2.45, 2.75) is 25.0 Å². The van der Waals surface area contributed by atoms with E-state index in [1.165, 1.54) is 12.1 Å². The highest BCUT2D eigenvalue weighted by Crippen LogP contribution is 2.32. The number of benzene rings is 1. The first-order valence-electron chi connectivity index (χ1n) is 4.27. The predicted molar refractivity (Wildman–Crippen MR) is 55.1 cm³/mol. The first-order valence-corrected chi connectivity index (χ1v) is 4.72. The molecule has 0 unspecified atom stereocenters. The van der Waals surface area contributed by atoms with Gasteiger partial charge in [0.05, 0.1) is 5.56 Å². The van der Waals surface area contributed by atoms with Crippen molar-refractivity contribution < 1.29 is 17.9 Å². The Labute approximate surface area is 91.7 Å². The van der Waals surface area contributed by atoms with Crippen LogP contribution in [-0.4, -0.2) is 4.93 Å². The Kier molecular flexibility index (Phi) is 3.23.